The average molecular weight is 331 g/mol. The summed E-state index contributed by atoms with van der Waals surface area (Å²) in [5.41, 5.74) is 7.62. The van der Waals surface area contributed by atoms with E-state index in [9.17, 15) is 0 Å². The molecule has 22 heavy (non-hydrogen) atoms. The van der Waals surface area contributed by atoms with Crippen molar-refractivity contribution in [2.24, 2.45) is 0 Å². The van der Waals surface area contributed by atoms with Gasteiger partial charge in [0.05, 0.1) is 23.2 Å². The molecule has 0 amide bonds. The van der Waals surface area contributed by atoms with Gasteiger partial charge in [0.25, 0.3) is 0 Å². The van der Waals surface area contributed by atoms with Gasteiger partial charge in [-0.15, -0.1) is 23.1 Å². The number of fused-ring (bicyclic) bond motifs is 3. The Bertz CT molecular complexity index is 795. The lowest BCUT2D eigenvalue weighted by atomic mass is 9.97. The maximum atomic E-state index is 6.22. The van der Waals surface area contributed by atoms with Crippen molar-refractivity contribution < 1.29 is 4.42 Å². The van der Waals surface area contributed by atoms with Gasteiger partial charge in [0, 0.05) is 4.88 Å². The predicted octanol–water partition coefficient (Wildman–Crippen LogP) is 4.18. The molecule has 114 valence electrons. The number of nitrogen functional groups attached to an aromatic ring is 1. The third kappa shape index (κ3) is 2.61. The summed E-state index contributed by atoms with van der Waals surface area (Å²) in [6.45, 7) is 0. The molecule has 0 aliphatic heterocycles. The normalized spacial score (nSPS) is 14.4. The second-order valence-electron chi connectivity index (χ2n) is 5.49. The zero-order valence-electron chi connectivity index (χ0n) is 12.2. The van der Waals surface area contributed by atoms with Crippen LogP contribution in [0.2, 0.25) is 0 Å². The highest BCUT2D eigenvalue weighted by atomic mass is 32.2. The standard InChI is InChI=1S/C16H17N3OS2/c17-15-14-11-5-1-2-6-12(11)22-16(14)19-13(18-15)9-21-8-10-4-3-7-20-10/h3-4,7H,1-2,5-6,8-9H2,(H2,17,18,19). The van der Waals surface area contributed by atoms with E-state index in [1.807, 2.05) is 12.1 Å². The fourth-order valence-electron chi connectivity index (χ4n) is 2.93. The van der Waals surface area contributed by atoms with Gasteiger partial charge >= 0.3 is 0 Å². The number of furan rings is 1. The molecule has 0 saturated heterocycles. The molecule has 0 radical (unpaired) electrons. The van der Waals surface area contributed by atoms with Gasteiger partial charge in [-0.2, -0.15) is 0 Å². The maximum absolute atomic E-state index is 6.22. The van der Waals surface area contributed by atoms with Gasteiger partial charge in [-0.1, -0.05) is 0 Å². The molecule has 3 aromatic rings. The molecule has 0 atom stereocenters. The van der Waals surface area contributed by atoms with Crippen LogP contribution < -0.4 is 5.73 Å². The van der Waals surface area contributed by atoms with Crippen molar-refractivity contribution in [3.8, 4) is 0 Å². The lowest BCUT2D eigenvalue weighted by Gasteiger charge is -2.10. The van der Waals surface area contributed by atoms with Crippen molar-refractivity contribution in [2.45, 2.75) is 37.2 Å². The number of thiophene rings is 1. The first-order valence-electron chi connectivity index (χ1n) is 7.48. The van der Waals surface area contributed by atoms with Crippen LogP contribution in [0.1, 0.15) is 34.9 Å². The fraction of sp³-hybridized carbons (Fsp3) is 0.375. The van der Waals surface area contributed by atoms with Crippen molar-refractivity contribution in [3.05, 3.63) is 40.4 Å². The number of nitrogens with two attached hydrogens (primary N) is 1. The summed E-state index contributed by atoms with van der Waals surface area (Å²) in [5.74, 6) is 4.03. The minimum Gasteiger partial charge on any atom is -0.468 e. The molecule has 1 aliphatic rings. The molecule has 2 N–H and O–H groups in total. The van der Waals surface area contributed by atoms with E-state index in [1.165, 1.54) is 29.7 Å². The van der Waals surface area contributed by atoms with Crippen molar-refractivity contribution in [2.75, 3.05) is 5.73 Å². The zero-order chi connectivity index (χ0) is 14.9. The molecule has 0 fully saturated rings. The van der Waals surface area contributed by atoms with Gasteiger partial charge in [0.15, 0.2) is 0 Å². The van der Waals surface area contributed by atoms with Gasteiger partial charge in [0.2, 0.25) is 0 Å². The van der Waals surface area contributed by atoms with Crippen LogP contribution in [0.25, 0.3) is 10.2 Å². The zero-order valence-corrected chi connectivity index (χ0v) is 13.8. The molecule has 3 aromatic heterocycles. The van der Waals surface area contributed by atoms with Crippen LogP contribution >= 0.6 is 23.1 Å². The average Bonchev–Trinajstić information content (AvgIpc) is 3.14. The summed E-state index contributed by atoms with van der Waals surface area (Å²) < 4.78 is 5.34. The van der Waals surface area contributed by atoms with Crippen LogP contribution in [0, 0.1) is 0 Å². The first-order chi connectivity index (χ1) is 10.8. The Morgan fingerprint density at radius 1 is 1.23 bits per heavy atom. The molecule has 0 unspecified atom stereocenters. The molecular weight excluding hydrogens is 314 g/mol. The van der Waals surface area contributed by atoms with Crippen molar-refractivity contribution in [3.63, 3.8) is 0 Å². The number of thioether (sulfide) groups is 1. The molecule has 0 bridgehead atoms. The second-order valence-corrected chi connectivity index (χ2v) is 7.56. The van der Waals surface area contributed by atoms with Crippen LogP contribution in [0.15, 0.2) is 22.8 Å². The summed E-state index contributed by atoms with van der Waals surface area (Å²) in [5, 5.41) is 1.11. The van der Waals surface area contributed by atoms with Crippen LogP contribution in [-0.4, -0.2) is 9.97 Å². The summed E-state index contributed by atoms with van der Waals surface area (Å²) in [6.07, 6.45) is 6.51. The molecule has 0 aromatic carbocycles. The highest BCUT2D eigenvalue weighted by molar-refractivity contribution is 7.97. The van der Waals surface area contributed by atoms with Crippen molar-refractivity contribution >= 4 is 39.1 Å². The highest BCUT2D eigenvalue weighted by Crippen LogP contribution is 2.37. The van der Waals surface area contributed by atoms with E-state index >= 15 is 0 Å². The highest BCUT2D eigenvalue weighted by Gasteiger charge is 2.19. The quantitative estimate of drug-likeness (QED) is 0.777. The minimum absolute atomic E-state index is 0.651. The van der Waals surface area contributed by atoms with E-state index in [-0.39, 0.29) is 0 Å². The number of nitrogens with zero attached hydrogens (tertiary/aromatic N) is 2. The Kier molecular flexibility index (Phi) is 3.80. The third-order valence-electron chi connectivity index (χ3n) is 3.94. The largest absolute Gasteiger partial charge is 0.468 e. The van der Waals surface area contributed by atoms with Crippen LogP contribution in [-0.2, 0) is 24.3 Å². The molecule has 4 rings (SSSR count). The molecule has 4 nitrogen and oxygen atoms in total. The first kappa shape index (κ1) is 14.1. The monoisotopic (exact) mass is 331 g/mol. The van der Waals surface area contributed by atoms with E-state index in [1.54, 1.807) is 29.4 Å². The van der Waals surface area contributed by atoms with E-state index < -0.39 is 0 Å². The minimum atomic E-state index is 0.651. The fourth-order valence-corrected chi connectivity index (χ4v) is 5.00. The number of anilines is 1. The molecular formula is C16H17N3OS2. The Labute approximate surface area is 137 Å². The molecule has 0 spiro atoms. The van der Waals surface area contributed by atoms with Gasteiger partial charge in [-0.25, -0.2) is 9.97 Å². The Balaban J connectivity index is 1.57. The Morgan fingerprint density at radius 2 is 2.14 bits per heavy atom. The lowest BCUT2D eigenvalue weighted by molar-refractivity contribution is 0.530. The smallest absolute Gasteiger partial charge is 0.142 e. The Morgan fingerprint density at radius 3 is 3.00 bits per heavy atom. The van der Waals surface area contributed by atoms with Crippen LogP contribution in [0.3, 0.4) is 0 Å². The van der Waals surface area contributed by atoms with Crippen LogP contribution in [0.4, 0.5) is 5.82 Å². The first-order valence-corrected chi connectivity index (χ1v) is 9.45. The van der Waals surface area contributed by atoms with Gasteiger partial charge < -0.3 is 10.2 Å². The lowest BCUT2D eigenvalue weighted by Crippen LogP contribution is -2.02. The van der Waals surface area contributed by atoms with E-state index in [0.717, 1.165) is 39.7 Å². The summed E-state index contributed by atoms with van der Waals surface area (Å²) >= 11 is 3.55. The van der Waals surface area contributed by atoms with E-state index in [0.29, 0.717) is 5.82 Å². The molecule has 0 saturated carbocycles. The number of aromatic nitrogens is 2. The maximum Gasteiger partial charge on any atom is 0.142 e. The second kappa shape index (κ2) is 5.93. The molecule has 1 aliphatic carbocycles. The van der Waals surface area contributed by atoms with E-state index in [2.05, 4.69) is 4.98 Å². The molecule has 3 heterocycles. The van der Waals surface area contributed by atoms with Crippen molar-refractivity contribution in [1.82, 2.24) is 9.97 Å². The number of hydrogen-bond donors (Lipinski definition) is 1. The summed E-state index contributed by atoms with van der Waals surface area (Å²) in [4.78, 5) is 11.8. The summed E-state index contributed by atoms with van der Waals surface area (Å²) in [7, 11) is 0. The van der Waals surface area contributed by atoms with Crippen LogP contribution in [0.5, 0.6) is 0 Å². The van der Waals surface area contributed by atoms with Gasteiger partial charge in [0.1, 0.15) is 22.2 Å². The summed E-state index contributed by atoms with van der Waals surface area (Å²) in [6, 6.07) is 3.89. The molecule has 6 heteroatoms. The van der Waals surface area contributed by atoms with E-state index in [4.69, 9.17) is 15.1 Å². The topological polar surface area (TPSA) is 64.9 Å². The van der Waals surface area contributed by atoms with Gasteiger partial charge in [-0.05, 0) is 43.4 Å². The number of hydrogen-bond acceptors (Lipinski definition) is 6. The number of aryl methyl sites for hydroxylation is 2. The number of rotatable bonds is 4. The third-order valence-corrected chi connectivity index (χ3v) is 6.08. The van der Waals surface area contributed by atoms with Gasteiger partial charge in [-0.3, -0.25) is 0 Å². The van der Waals surface area contributed by atoms with Crippen molar-refractivity contribution in [1.29, 1.82) is 0 Å². The SMILES string of the molecule is Nc1nc(CSCc2ccco2)nc2sc3c(c12)CCCC3. The Hall–Kier alpha value is -1.53. The predicted molar refractivity (Wildman–Crippen MR) is 92.2 cm³/mol.